The van der Waals surface area contributed by atoms with E-state index in [1.165, 1.54) is 30.6 Å². The van der Waals surface area contributed by atoms with Crippen molar-refractivity contribution < 1.29 is 4.79 Å². The van der Waals surface area contributed by atoms with Gasteiger partial charge in [-0.25, -0.2) is 0 Å². The van der Waals surface area contributed by atoms with E-state index in [0.29, 0.717) is 28.6 Å². The SMILES string of the molecule is CCNC(=O)c1sc(N(C)CC2CCC2)c(C#N)c1N. The van der Waals surface area contributed by atoms with Gasteiger partial charge in [0.25, 0.3) is 5.91 Å². The number of carbonyl (C=O) groups excluding carboxylic acids is 1. The van der Waals surface area contributed by atoms with Crippen molar-refractivity contribution in [3.63, 3.8) is 0 Å². The van der Waals surface area contributed by atoms with E-state index in [2.05, 4.69) is 16.3 Å². The lowest BCUT2D eigenvalue weighted by molar-refractivity contribution is 0.0960. The average molecular weight is 292 g/mol. The minimum Gasteiger partial charge on any atom is -0.396 e. The standard InChI is InChI=1S/C14H20N4OS/c1-3-17-13(19)12-11(16)10(7-15)14(20-12)18(2)8-9-5-4-6-9/h9H,3-6,8,16H2,1-2H3,(H,17,19). The molecule has 0 radical (unpaired) electrons. The summed E-state index contributed by atoms with van der Waals surface area (Å²) in [7, 11) is 1.96. The third-order valence-electron chi connectivity index (χ3n) is 3.69. The van der Waals surface area contributed by atoms with Crippen LogP contribution in [0.1, 0.15) is 41.4 Å². The maximum Gasteiger partial charge on any atom is 0.263 e. The Labute approximate surface area is 123 Å². The average Bonchev–Trinajstić information content (AvgIpc) is 2.71. The number of thiophene rings is 1. The molecule has 2 rings (SSSR count). The Morgan fingerprint density at radius 2 is 2.30 bits per heavy atom. The van der Waals surface area contributed by atoms with Gasteiger partial charge in [0, 0.05) is 20.1 Å². The molecule has 108 valence electrons. The number of hydrogen-bond acceptors (Lipinski definition) is 5. The summed E-state index contributed by atoms with van der Waals surface area (Å²) in [5.41, 5.74) is 6.69. The van der Waals surface area contributed by atoms with Crippen LogP contribution in [0.5, 0.6) is 0 Å². The number of nitrogens with zero attached hydrogens (tertiary/aromatic N) is 2. The molecule has 3 N–H and O–H groups in total. The zero-order valence-electron chi connectivity index (χ0n) is 11.9. The van der Waals surface area contributed by atoms with Crippen molar-refractivity contribution in [3.8, 4) is 6.07 Å². The number of nitriles is 1. The second kappa shape index (κ2) is 6.14. The predicted octanol–water partition coefficient (Wildman–Crippen LogP) is 2.19. The number of rotatable bonds is 5. The number of nitrogens with one attached hydrogen (secondary N) is 1. The van der Waals surface area contributed by atoms with Crippen molar-refractivity contribution in [2.45, 2.75) is 26.2 Å². The Kier molecular flexibility index (Phi) is 4.50. The molecule has 0 aromatic carbocycles. The quantitative estimate of drug-likeness (QED) is 0.871. The summed E-state index contributed by atoms with van der Waals surface area (Å²) in [4.78, 5) is 14.5. The third-order valence-corrected chi connectivity index (χ3v) is 5.00. The Hall–Kier alpha value is -1.74. The van der Waals surface area contributed by atoms with Crippen molar-refractivity contribution in [1.82, 2.24) is 5.32 Å². The van der Waals surface area contributed by atoms with Gasteiger partial charge in [-0.15, -0.1) is 11.3 Å². The van der Waals surface area contributed by atoms with Crippen LogP contribution in [0.2, 0.25) is 0 Å². The first kappa shape index (κ1) is 14.7. The van der Waals surface area contributed by atoms with Crippen LogP contribution in [0.4, 0.5) is 10.7 Å². The monoisotopic (exact) mass is 292 g/mol. The maximum absolute atomic E-state index is 12.0. The molecule has 0 unspecified atom stereocenters. The van der Waals surface area contributed by atoms with E-state index in [1.54, 1.807) is 0 Å². The zero-order valence-corrected chi connectivity index (χ0v) is 12.7. The second-order valence-corrected chi connectivity index (χ2v) is 6.17. The molecule has 20 heavy (non-hydrogen) atoms. The first-order valence-corrected chi connectivity index (χ1v) is 7.71. The summed E-state index contributed by atoms with van der Waals surface area (Å²) in [5, 5.41) is 12.8. The van der Waals surface area contributed by atoms with Gasteiger partial charge in [-0.1, -0.05) is 6.42 Å². The van der Waals surface area contributed by atoms with Crippen LogP contribution in [0.15, 0.2) is 0 Å². The summed E-state index contributed by atoms with van der Waals surface area (Å²) >= 11 is 1.31. The van der Waals surface area contributed by atoms with Crippen LogP contribution in [0.25, 0.3) is 0 Å². The van der Waals surface area contributed by atoms with Crippen LogP contribution < -0.4 is 16.0 Å². The molecule has 6 heteroatoms. The highest BCUT2D eigenvalue weighted by molar-refractivity contribution is 7.19. The normalized spacial score (nSPS) is 14.4. The molecule has 1 aromatic heterocycles. The van der Waals surface area contributed by atoms with Crippen LogP contribution >= 0.6 is 11.3 Å². The van der Waals surface area contributed by atoms with E-state index in [1.807, 2.05) is 14.0 Å². The number of nitrogen functional groups attached to an aromatic ring is 1. The fraction of sp³-hybridized carbons (Fsp3) is 0.571. The molecule has 1 saturated carbocycles. The fourth-order valence-electron chi connectivity index (χ4n) is 2.36. The number of carbonyl (C=O) groups is 1. The first-order valence-electron chi connectivity index (χ1n) is 6.90. The van der Waals surface area contributed by atoms with Crippen molar-refractivity contribution in [3.05, 3.63) is 10.4 Å². The smallest absolute Gasteiger partial charge is 0.263 e. The highest BCUT2D eigenvalue weighted by Gasteiger charge is 2.25. The van der Waals surface area contributed by atoms with Gasteiger partial charge < -0.3 is 16.0 Å². The van der Waals surface area contributed by atoms with Crippen LogP contribution in [-0.2, 0) is 0 Å². The van der Waals surface area contributed by atoms with E-state index < -0.39 is 0 Å². The van der Waals surface area contributed by atoms with E-state index in [9.17, 15) is 10.1 Å². The van der Waals surface area contributed by atoms with E-state index in [4.69, 9.17) is 5.73 Å². The van der Waals surface area contributed by atoms with Gasteiger partial charge in [0.1, 0.15) is 21.5 Å². The Balaban J connectivity index is 2.25. The molecule has 0 aliphatic heterocycles. The summed E-state index contributed by atoms with van der Waals surface area (Å²) in [6.45, 7) is 3.32. The molecule has 1 aromatic rings. The van der Waals surface area contributed by atoms with Gasteiger partial charge in [-0.3, -0.25) is 4.79 Å². The number of amides is 1. The van der Waals surface area contributed by atoms with Gasteiger partial charge in [-0.2, -0.15) is 5.26 Å². The lowest BCUT2D eigenvalue weighted by atomic mass is 9.85. The van der Waals surface area contributed by atoms with Crippen LogP contribution in [-0.4, -0.2) is 26.0 Å². The number of anilines is 2. The van der Waals surface area contributed by atoms with Gasteiger partial charge in [0.2, 0.25) is 0 Å². The first-order chi connectivity index (χ1) is 9.58. The molecule has 0 spiro atoms. The van der Waals surface area contributed by atoms with E-state index >= 15 is 0 Å². The summed E-state index contributed by atoms with van der Waals surface area (Å²) in [6, 6.07) is 2.14. The molecular formula is C14H20N4OS. The zero-order chi connectivity index (χ0) is 14.7. The highest BCUT2D eigenvalue weighted by Crippen LogP contribution is 2.38. The highest BCUT2D eigenvalue weighted by atomic mass is 32.1. The van der Waals surface area contributed by atoms with Crippen LogP contribution in [0, 0.1) is 17.2 Å². The molecule has 1 heterocycles. The molecule has 0 atom stereocenters. The Bertz CT molecular complexity index is 542. The van der Waals surface area contributed by atoms with Crippen molar-refractivity contribution in [2.75, 3.05) is 30.8 Å². The fourth-order valence-corrected chi connectivity index (χ4v) is 3.42. The minimum atomic E-state index is -0.199. The van der Waals surface area contributed by atoms with Crippen molar-refractivity contribution in [2.24, 2.45) is 5.92 Å². The van der Waals surface area contributed by atoms with Gasteiger partial charge in [0.15, 0.2) is 0 Å². The van der Waals surface area contributed by atoms with Gasteiger partial charge in [-0.05, 0) is 25.7 Å². The molecule has 0 bridgehead atoms. The van der Waals surface area contributed by atoms with Crippen molar-refractivity contribution in [1.29, 1.82) is 5.26 Å². The minimum absolute atomic E-state index is 0.199. The molecule has 1 amide bonds. The summed E-state index contributed by atoms with van der Waals surface area (Å²) in [6.07, 6.45) is 3.78. The number of hydrogen-bond donors (Lipinski definition) is 2. The molecule has 1 aliphatic rings. The largest absolute Gasteiger partial charge is 0.396 e. The summed E-state index contributed by atoms with van der Waals surface area (Å²) in [5.74, 6) is 0.498. The van der Waals surface area contributed by atoms with Crippen molar-refractivity contribution >= 4 is 27.9 Å². The Morgan fingerprint density at radius 3 is 2.80 bits per heavy atom. The Morgan fingerprint density at radius 1 is 1.60 bits per heavy atom. The molecular weight excluding hydrogens is 272 g/mol. The van der Waals surface area contributed by atoms with Crippen LogP contribution in [0.3, 0.4) is 0 Å². The van der Waals surface area contributed by atoms with E-state index in [-0.39, 0.29) is 5.91 Å². The lowest BCUT2D eigenvalue weighted by Gasteiger charge is -2.30. The van der Waals surface area contributed by atoms with E-state index in [0.717, 1.165) is 11.5 Å². The number of nitrogens with two attached hydrogens (primary N) is 1. The van der Waals surface area contributed by atoms with Gasteiger partial charge in [0.05, 0.1) is 5.69 Å². The second-order valence-electron chi connectivity index (χ2n) is 5.17. The third kappa shape index (κ3) is 2.73. The summed E-state index contributed by atoms with van der Waals surface area (Å²) < 4.78 is 0. The lowest BCUT2D eigenvalue weighted by Crippen LogP contribution is -2.29. The maximum atomic E-state index is 12.0. The molecule has 1 fully saturated rings. The molecule has 1 aliphatic carbocycles. The molecule has 5 nitrogen and oxygen atoms in total. The predicted molar refractivity (Wildman–Crippen MR) is 82.1 cm³/mol. The molecule has 0 saturated heterocycles. The topological polar surface area (TPSA) is 82.2 Å². The van der Waals surface area contributed by atoms with Gasteiger partial charge >= 0.3 is 0 Å².